The van der Waals surface area contributed by atoms with Gasteiger partial charge in [0.25, 0.3) is 0 Å². The van der Waals surface area contributed by atoms with E-state index in [0.717, 1.165) is 13.2 Å². The molecule has 0 aromatic rings. The Morgan fingerprint density at radius 2 is 1.80 bits per heavy atom. The molecule has 0 aromatic heterocycles. The summed E-state index contributed by atoms with van der Waals surface area (Å²) in [5.74, 6) is -1.42. The second-order valence-electron chi connectivity index (χ2n) is 1.69. The smallest absolute Gasteiger partial charge is 0.350 e. The van der Waals surface area contributed by atoms with Crippen molar-refractivity contribution in [1.29, 1.82) is 0 Å². The lowest BCUT2D eigenvalue weighted by Gasteiger charge is -2.07. The number of hydrogen-bond donors (Lipinski definition) is 3. The maximum atomic E-state index is 9.65. The number of aldehydes is 1. The fourth-order valence-corrected chi connectivity index (χ4v) is 0. The molecule has 0 rings (SSSR count). The zero-order valence-corrected chi connectivity index (χ0v) is 5.87. The summed E-state index contributed by atoms with van der Waals surface area (Å²) in [6.45, 7) is 2.44. The van der Waals surface area contributed by atoms with Crippen LogP contribution in [0.25, 0.3) is 0 Å². The van der Waals surface area contributed by atoms with E-state index in [1.165, 1.54) is 6.92 Å². The largest absolute Gasteiger partial charge is 0.478 e. The van der Waals surface area contributed by atoms with Gasteiger partial charge in [-0.2, -0.15) is 0 Å². The molecule has 0 saturated heterocycles. The Labute approximate surface area is 58.5 Å². The topological polar surface area (TPSA) is 101 Å². The predicted octanol–water partition coefficient (Wildman–Crippen LogP) is -1.06. The third-order valence-electron chi connectivity index (χ3n) is 0.433. The summed E-state index contributed by atoms with van der Waals surface area (Å²) >= 11 is 0. The minimum absolute atomic E-state index is 0.750. The Bertz CT molecular complexity index is 115. The SMILES string of the molecule is CC(N)(O)C(=O)O.CC=O. The Morgan fingerprint density at radius 3 is 1.80 bits per heavy atom. The van der Waals surface area contributed by atoms with E-state index >= 15 is 0 Å². The first kappa shape index (κ1) is 11.8. The Morgan fingerprint density at radius 1 is 1.70 bits per heavy atom. The molecular weight excluding hydrogens is 138 g/mol. The van der Waals surface area contributed by atoms with Gasteiger partial charge in [-0.05, 0) is 13.8 Å². The third kappa shape index (κ3) is 10.1. The maximum Gasteiger partial charge on any atom is 0.350 e. The van der Waals surface area contributed by atoms with E-state index in [0.29, 0.717) is 0 Å². The van der Waals surface area contributed by atoms with E-state index in [-0.39, 0.29) is 0 Å². The van der Waals surface area contributed by atoms with Crippen LogP contribution < -0.4 is 5.73 Å². The molecule has 4 N–H and O–H groups in total. The van der Waals surface area contributed by atoms with Gasteiger partial charge in [-0.3, -0.25) is 5.73 Å². The summed E-state index contributed by atoms with van der Waals surface area (Å²) < 4.78 is 0. The molecule has 0 aliphatic rings. The van der Waals surface area contributed by atoms with E-state index in [1.54, 1.807) is 0 Å². The monoisotopic (exact) mass is 149 g/mol. The molecule has 0 saturated carbocycles. The number of carboxylic acid groups (broad SMARTS) is 1. The van der Waals surface area contributed by atoms with Crippen LogP contribution in [0.15, 0.2) is 0 Å². The summed E-state index contributed by atoms with van der Waals surface area (Å²) in [6.07, 6.45) is 0.750. The fourth-order valence-electron chi connectivity index (χ4n) is 0. The van der Waals surface area contributed by atoms with E-state index in [9.17, 15) is 4.79 Å². The highest BCUT2D eigenvalue weighted by molar-refractivity contribution is 5.75. The van der Waals surface area contributed by atoms with Crippen LogP contribution in [0.3, 0.4) is 0 Å². The zero-order chi connectivity index (χ0) is 8.78. The molecule has 0 aliphatic heterocycles. The molecule has 0 aliphatic carbocycles. The molecule has 0 heterocycles. The van der Waals surface area contributed by atoms with Gasteiger partial charge in [0.2, 0.25) is 5.72 Å². The van der Waals surface area contributed by atoms with Crippen LogP contribution in [-0.4, -0.2) is 28.2 Å². The Kier molecular flexibility index (Phi) is 5.78. The average molecular weight is 149 g/mol. The molecule has 0 spiro atoms. The maximum absolute atomic E-state index is 9.65. The number of nitrogens with two attached hydrogens (primary N) is 1. The quantitative estimate of drug-likeness (QED) is 0.326. The molecule has 0 fully saturated rings. The Hall–Kier alpha value is -0.940. The number of hydrogen-bond acceptors (Lipinski definition) is 4. The summed E-state index contributed by atoms with van der Waals surface area (Å²) in [5.41, 5.74) is 2.55. The summed E-state index contributed by atoms with van der Waals surface area (Å²) in [4.78, 5) is 18.5. The number of carboxylic acids is 1. The molecule has 5 nitrogen and oxygen atoms in total. The fraction of sp³-hybridized carbons (Fsp3) is 0.600. The van der Waals surface area contributed by atoms with Crippen LogP contribution in [0.5, 0.6) is 0 Å². The molecule has 5 heteroatoms. The minimum atomic E-state index is -2.08. The standard InChI is InChI=1S/C3H7NO3.C2H4O/c1-3(4,7)2(5)6;1-2-3/h7H,4H2,1H3,(H,5,6);2H,1H3. The van der Waals surface area contributed by atoms with Crippen molar-refractivity contribution >= 4 is 12.3 Å². The molecular formula is C5H11NO4. The lowest BCUT2D eigenvalue weighted by atomic mass is 10.3. The number of aliphatic hydroxyl groups is 1. The normalized spacial score (nSPS) is 14.0. The van der Waals surface area contributed by atoms with E-state index < -0.39 is 11.7 Å². The van der Waals surface area contributed by atoms with Crippen molar-refractivity contribution in [2.75, 3.05) is 0 Å². The van der Waals surface area contributed by atoms with Crippen LogP contribution >= 0.6 is 0 Å². The lowest BCUT2D eigenvalue weighted by molar-refractivity contribution is -0.155. The first-order chi connectivity index (χ1) is 4.36. The number of aliphatic carboxylic acids is 1. The second-order valence-corrected chi connectivity index (χ2v) is 1.69. The average Bonchev–Trinajstić information content (AvgIpc) is 1.64. The van der Waals surface area contributed by atoms with E-state index in [4.69, 9.17) is 15.0 Å². The van der Waals surface area contributed by atoms with Gasteiger partial charge in [0.15, 0.2) is 0 Å². The molecule has 60 valence electrons. The van der Waals surface area contributed by atoms with Gasteiger partial charge in [-0.1, -0.05) is 0 Å². The number of rotatable bonds is 1. The van der Waals surface area contributed by atoms with Gasteiger partial charge in [0, 0.05) is 0 Å². The summed E-state index contributed by atoms with van der Waals surface area (Å²) in [6, 6.07) is 0. The highest BCUT2D eigenvalue weighted by Gasteiger charge is 2.22. The van der Waals surface area contributed by atoms with E-state index in [1.807, 2.05) is 0 Å². The van der Waals surface area contributed by atoms with Crippen LogP contribution in [0.1, 0.15) is 13.8 Å². The zero-order valence-electron chi connectivity index (χ0n) is 5.87. The summed E-state index contributed by atoms with van der Waals surface area (Å²) in [7, 11) is 0. The molecule has 1 atom stereocenters. The Balaban J connectivity index is 0. The molecule has 0 bridgehead atoms. The molecule has 0 radical (unpaired) electrons. The highest BCUT2D eigenvalue weighted by Crippen LogP contribution is 1.88. The molecule has 0 amide bonds. The van der Waals surface area contributed by atoms with Crippen LogP contribution in [0, 0.1) is 0 Å². The van der Waals surface area contributed by atoms with Crippen molar-refractivity contribution in [3.05, 3.63) is 0 Å². The predicted molar refractivity (Wildman–Crippen MR) is 34.2 cm³/mol. The number of carbonyl (C=O) groups is 2. The van der Waals surface area contributed by atoms with Crippen molar-refractivity contribution in [1.82, 2.24) is 0 Å². The van der Waals surface area contributed by atoms with Crippen LogP contribution in [0.4, 0.5) is 0 Å². The van der Waals surface area contributed by atoms with E-state index in [2.05, 4.69) is 5.73 Å². The summed E-state index contributed by atoms with van der Waals surface area (Å²) in [5, 5.41) is 16.1. The van der Waals surface area contributed by atoms with Gasteiger partial charge < -0.3 is 15.0 Å². The van der Waals surface area contributed by atoms with Gasteiger partial charge in [-0.15, -0.1) is 0 Å². The first-order valence-corrected chi connectivity index (χ1v) is 2.50. The molecule has 1 unspecified atom stereocenters. The number of carbonyl (C=O) groups excluding carboxylic acids is 1. The van der Waals surface area contributed by atoms with Crippen molar-refractivity contribution in [3.8, 4) is 0 Å². The van der Waals surface area contributed by atoms with Crippen molar-refractivity contribution in [2.45, 2.75) is 19.6 Å². The van der Waals surface area contributed by atoms with Gasteiger partial charge in [-0.25, -0.2) is 4.79 Å². The molecule has 0 aromatic carbocycles. The van der Waals surface area contributed by atoms with Crippen LogP contribution in [0.2, 0.25) is 0 Å². The van der Waals surface area contributed by atoms with Gasteiger partial charge in [0.05, 0.1) is 0 Å². The van der Waals surface area contributed by atoms with Gasteiger partial charge in [0.1, 0.15) is 6.29 Å². The molecule has 10 heavy (non-hydrogen) atoms. The lowest BCUT2D eigenvalue weighted by Crippen LogP contribution is -2.44. The second kappa shape index (κ2) is 4.89. The van der Waals surface area contributed by atoms with Crippen LogP contribution in [-0.2, 0) is 9.59 Å². The van der Waals surface area contributed by atoms with Crippen molar-refractivity contribution < 1.29 is 19.8 Å². The van der Waals surface area contributed by atoms with Crippen molar-refractivity contribution in [3.63, 3.8) is 0 Å². The highest BCUT2D eigenvalue weighted by atomic mass is 16.4. The third-order valence-corrected chi connectivity index (χ3v) is 0.433. The van der Waals surface area contributed by atoms with Crippen molar-refractivity contribution in [2.24, 2.45) is 5.73 Å². The van der Waals surface area contributed by atoms with Gasteiger partial charge >= 0.3 is 5.97 Å². The first-order valence-electron chi connectivity index (χ1n) is 2.50. The minimum Gasteiger partial charge on any atom is -0.478 e.